The quantitative estimate of drug-likeness (QED) is 0.650. The van der Waals surface area contributed by atoms with Crippen LogP contribution in [0.1, 0.15) is 86.0 Å². The summed E-state index contributed by atoms with van der Waals surface area (Å²) in [5.74, 6) is 3.43. The third-order valence-corrected chi connectivity index (χ3v) is 8.90. The number of fused-ring (bicyclic) bond motifs is 5. The Kier molecular flexibility index (Phi) is 4.63. The molecule has 0 aromatic heterocycles. The lowest BCUT2D eigenvalue weighted by molar-refractivity contribution is -0.119. The maximum atomic E-state index is 10.1. The summed E-state index contributed by atoms with van der Waals surface area (Å²) in [6.45, 7) is 11.7. The first kappa shape index (κ1) is 19.0. The molecule has 4 rings (SSSR count). The SMILES string of the molecule is CC1CCC2(C)C(=CCC3C2CCC2(C)C(OCC(C)(C)O)CCC32)C1. The number of hydrogen-bond donors (Lipinski definition) is 1. The molecular formula is C24H40O2. The second kappa shape index (κ2) is 6.34. The zero-order valence-corrected chi connectivity index (χ0v) is 17.7. The van der Waals surface area contributed by atoms with Crippen LogP contribution in [0.15, 0.2) is 11.6 Å². The van der Waals surface area contributed by atoms with Gasteiger partial charge in [-0.2, -0.15) is 0 Å². The first-order valence-corrected chi connectivity index (χ1v) is 11.2. The summed E-state index contributed by atoms with van der Waals surface area (Å²) in [6.07, 6.45) is 13.7. The van der Waals surface area contributed by atoms with E-state index in [0.29, 0.717) is 23.5 Å². The van der Waals surface area contributed by atoms with Gasteiger partial charge in [0.05, 0.1) is 18.3 Å². The molecule has 3 fully saturated rings. The second-order valence-electron chi connectivity index (χ2n) is 11.3. The Hall–Kier alpha value is -0.340. The normalized spacial score (nSPS) is 48.4. The van der Waals surface area contributed by atoms with Gasteiger partial charge < -0.3 is 9.84 Å². The molecule has 0 aromatic rings. The van der Waals surface area contributed by atoms with Crippen molar-refractivity contribution < 1.29 is 9.84 Å². The lowest BCUT2D eigenvalue weighted by Crippen LogP contribution is -2.51. The molecule has 0 radical (unpaired) electrons. The van der Waals surface area contributed by atoms with Gasteiger partial charge in [-0.3, -0.25) is 0 Å². The summed E-state index contributed by atoms with van der Waals surface area (Å²) >= 11 is 0. The van der Waals surface area contributed by atoms with Crippen LogP contribution in [0.25, 0.3) is 0 Å². The third-order valence-electron chi connectivity index (χ3n) is 8.90. The number of allylic oxidation sites excluding steroid dienone is 2. The van der Waals surface area contributed by atoms with Crippen molar-refractivity contribution in [2.45, 2.75) is 97.7 Å². The van der Waals surface area contributed by atoms with Gasteiger partial charge in [0.15, 0.2) is 0 Å². The Bertz CT molecular complexity index is 573. The summed E-state index contributed by atoms with van der Waals surface area (Å²) in [7, 11) is 0. The molecule has 0 heterocycles. The summed E-state index contributed by atoms with van der Waals surface area (Å²) in [4.78, 5) is 0. The smallest absolute Gasteiger partial charge is 0.0824 e. The summed E-state index contributed by atoms with van der Waals surface area (Å²) < 4.78 is 6.30. The number of hydrogen-bond acceptors (Lipinski definition) is 2. The van der Waals surface area contributed by atoms with Crippen molar-refractivity contribution in [1.82, 2.24) is 0 Å². The van der Waals surface area contributed by atoms with E-state index in [4.69, 9.17) is 4.74 Å². The zero-order chi connectivity index (χ0) is 18.7. The van der Waals surface area contributed by atoms with E-state index in [1.54, 1.807) is 5.57 Å². The fourth-order valence-corrected chi connectivity index (χ4v) is 7.37. The maximum absolute atomic E-state index is 10.1. The van der Waals surface area contributed by atoms with E-state index in [-0.39, 0.29) is 0 Å². The van der Waals surface area contributed by atoms with Crippen LogP contribution >= 0.6 is 0 Å². The van der Waals surface area contributed by atoms with Gasteiger partial charge in [-0.15, -0.1) is 0 Å². The predicted molar refractivity (Wildman–Crippen MR) is 107 cm³/mol. The summed E-state index contributed by atoms with van der Waals surface area (Å²) in [5.41, 5.74) is 1.87. The van der Waals surface area contributed by atoms with Crippen molar-refractivity contribution in [3.63, 3.8) is 0 Å². The van der Waals surface area contributed by atoms with Crippen molar-refractivity contribution in [3.05, 3.63) is 11.6 Å². The van der Waals surface area contributed by atoms with Crippen molar-refractivity contribution >= 4 is 0 Å². The van der Waals surface area contributed by atoms with Crippen molar-refractivity contribution in [3.8, 4) is 0 Å². The van der Waals surface area contributed by atoms with Crippen molar-refractivity contribution in [1.29, 1.82) is 0 Å². The Morgan fingerprint density at radius 1 is 1.12 bits per heavy atom. The molecule has 4 aliphatic carbocycles. The molecule has 26 heavy (non-hydrogen) atoms. The van der Waals surface area contributed by atoms with E-state index >= 15 is 0 Å². The largest absolute Gasteiger partial charge is 0.388 e. The molecule has 0 saturated heterocycles. The Morgan fingerprint density at radius 3 is 2.62 bits per heavy atom. The van der Waals surface area contributed by atoms with E-state index in [9.17, 15) is 5.11 Å². The van der Waals surface area contributed by atoms with Crippen LogP contribution < -0.4 is 0 Å². The van der Waals surface area contributed by atoms with Crippen LogP contribution in [0.5, 0.6) is 0 Å². The molecule has 0 aliphatic heterocycles. The standard InChI is InChI=1S/C24H40O2/c1-16-10-12-23(4)17(14-16)6-7-18-19-8-9-21(26-15-22(2,3)25)24(19,5)13-11-20(18)23/h6,16,18-21,25H,7-15H2,1-5H3. The Morgan fingerprint density at radius 2 is 1.88 bits per heavy atom. The van der Waals surface area contributed by atoms with E-state index in [1.807, 2.05) is 13.8 Å². The van der Waals surface area contributed by atoms with Crippen LogP contribution in [-0.2, 0) is 4.74 Å². The first-order chi connectivity index (χ1) is 12.1. The molecular weight excluding hydrogens is 320 g/mol. The molecule has 0 spiro atoms. The highest BCUT2D eigenvalue weighted by molar-refractivity contribution is 5.25. The van der Waals surface area contributed by atoms with Gasteiger partial charge in [0.25, 0.3) is 0 Å². The monoisotopic (exact) mass is 360 g/mol. The van der Waals surface area contributed by atoms with Crippen LogP contribution in [0.2, 0.25) is 0 Å². The van der Waals surface area contributed by atoms with Gasteiger partial charge in [-0.1, -0.05) is 32.4 Å². The van der Waals surface area contributed by atoms with Gasteiger partial charge in [0.1, 0.15) is 0 Å². The number of aliphatic hydroxyl groups is 1. The fourth-order valence-electron chi connectivity index (χ4n) is 7.37. The third kappa shape index (κ3) is 3.00. The number of rotatable bonds is 3. The van der Waals surface area contributed by atoms with Crippen molar-refractivity contribution in [2.24, 2.45) is 34.5 Å². The minimum absolute atomic E-state index is 0.316. The van der Waals surface area contributed by atoms with Gasteiger partial charge >= 0.3 is 0 Å². The zero-order valence-electron chi connectivity index (χ0n) is 17.7. The van der Waals surface area contributed by atoms with Crippen LogP contribution in [0.4, 0.5) is 0 Å². The van der Waals surface area contributed by atoms with Crippen LogP contribution in [0, 0.1) is 34.5 Å². The van der Waals surface area contributed by atoms with Gasteiger partial charge in [0.2, 0.25) is 0 Å². The second-order valence-corrected chi connectivity index (χ2v) is 11.3. The molecule has 0 amide bonds. The van der Waals surface area contributed by atoms with Crippen molar-refractivity contribution in [2.75, 3.05) is 6.61 Å². The van der Waals surface area contributed by atoms with E-state index < -0.39 is 5.60 Å². The molecule has 148 valence electrons. The van der Waals surface area contributed by atoms with Crippen LogP contribution in [-0.4, -0.2) is 23.4 Å². The highest BCUT2D eigenvalue weighted by Gasteiger charge is 2.58. The van der Waals surface area contributed by atoms with Gasteiger partial charge in [-0.25, -0.2) is 0 Å². The molecule has 2 nitrogen and oxygen atoms in total. The fraction of sp³-hybridized carbons (Fsp3) is 0.917. The molecule has 1 N–H and O–H groups in total. The Balaban J connectivity index is 1.54. The maximum Gasteiger partial charge on any atom is 0.0824 e. The molecule has 0 bridgehead atoms. The number of ether oxygens (including phenoxy) is 1. The topological polar surface area (TPSA) is 29.5 Å². The lowest BCUT2D eigenvalue weighted by atomic mass is 9.47. The predicted octanol–water partition coefficient (Wildman–Crippen LogP) is 5.74. The lowest BCUT2D eigenvalue weighted by Gasteiger charge is -2.58. The molecule has 7 unspecified atom stereocenters. The molecule has 0 aromatic carbocycles. The average Bonchev–Trinajstić information content (AvgIpc) is 2.89. The van der Waals surface area contributed by atoms with Gasteiger partial charge in [0, 0.05) is 0 Å². The summed E-state index contributed by atoms with van der Waals surface area (Å²) in [5, 5.41) is 10.1. The van der Waals surface area contributed by atoms with E-state index in [0.717, 1.165) is 23.7 Å². The molecule has 3 saturated carbocycles. The molecule has 7 atom stereocenters. The molecule has 2 heteroatoms. The van der Waals surface area contributed by atoms with Crippen LogP contribution in [0.3, 0.4) is 0 Å². The highest BCUT2D eigenvalue weighted by Crippen LogP contribution is 2.65. The minimum atomic E-state index is -0.722. The average molecular weight is 361 g/mol. The highest BCUT2D eigenvalue weighted by atomic mass is 16.5. The van der Waals surface area contributed by atoms with E-state index in [1.165, 1.54) is 51.4 Å². The van der Waals surface area contributed by atoms with Gasteiger partial charge in [-0.05, 0) is 99.7 Å². The minimum Gasteiger partial charge on any atom is -0.388 e. The van der Waals surface area contributed by atoms with E-state index in [2.05, 4.69) is 26.8 Å². The molecule has 4 aliphatic rings. The summed E-state index contributed by atoms with van der Waals surface area (Å²) in [6, 6.07) is 0. The Labute approximate surface area is 160 Å². The first-order valence-electron chi connectivity index (χ1n) is 11.2.